The molecule has 0 fully saturated rings. The van der Waals surface area contributed by atoms with E-state index in [-0.39, 0.29) is 12.1 Å². The number of nitrogens with two attached hydrogens (primary N) is 1. The molecule has 0 saturated heterocycles. The zero-order valence-electron chi connectivity index (χ0n) is 7.52. The van der Waals surface area contributed by atoms with Gasteiger partial charge in [0.25, 0.3) is 0 Å². The fourth-order valence-corrected chi connectivity index (χ4v) is 1.40. The summed E-state index contributed by atoms with van der Waals surface area (Å²) in [5.41, 5.74) is 5.58. The Labute approximate surface area is 72.0 Å². The molecule has 1 heterocycles. The van der Waals surface area contributed by atoms with Gasteiger partial charge in [0.2, 0.25) is 5.96 Å². The Morgan fingerprint density at radius 2 is 2.25 bits per heavy atom. The van der Waals surface area contributed by atoms with E-state index in [1.165, 1.54) is 0 Å². The zero-order valence-corrected chi connectivity index (χ0v) is 7.52. The van der Waals surface area contributed by atoms with Crippen LogP contribution in [0.5, 0.6) is 0 Å². The largest absolute Gasteiger partial charge is 0.368 e. The molecule has 0 aromatic heterocycles. The van der Waals surface area contributed by atoms with Crippen LogP contribution in [0.15, 0.2) is 5.10 Å². The molecular weight excluding hydrogens is 154 g/mol. The highest BCUT2D eigenvalue weighted by Crippen LogP contribution is 2.17. The van der Waals surface area contributed by atoms with Crippen molar-refractivity contribution in [3.63, 3.8) is 0 Å². The van der Waals surface area contributed by atoms with Crippen LogP contribution in [0.4, 0.5) is 0 Å². The quantitative estimate of drug-likeness (QED) is 0.576. The van der Waals surface area contributed by atoms with Crippen LogP contribution in [0.3, 0.4) is 0 Å². The van der Waals surface area contributed by atoms with Crippen molar-refractivity contribution in [2.75, 3.05) is 14.1 Å². The number of guanidine groups is 1. The first-order valence-electron chi connectivity index (χ1n) is 3.77. The van der Waals surface area contributed by atoms with Crippen molar-refractivity contribution in [2.45, 2.75) is 13.1 Å². The Morgan fingerprint density at radius 1 is 1.67 bits per heavy atom. The Hall–Kier alpha value is -1.44. The van der Waals surface area contributed by atoms with Gasteiger partial charge in [0, 0.05) is 14.1 Å². The van der Waals surface area contributed by atoms with Crippen molar-refractivity contribution in [1.29, 1.82) is 5.26 Å². The van der Waals surface area contributed by atoms with Crippen LogP contribution >= 0.6 is 0 Å². The number of nitriles is 1. The molecule has 2 N–H and O–H groups in total. The molecule has 1 aliphatic rings. The van der Waals surface area contributed by atoms with E-state index in [0.717, 1.165) is 0 Å². The maximum absolute atomic E-state index is 8.72. The molecule has 2 atom stereocenters. The summed E-state index contributed by atoms with van der Waals surface area (Å²) in [4.78, 5) is 1.80. The standard InChI is InChI=1S/C7H13N5/c1-5(4-8)6-11(2)7(9)10-12(6)3/h5-6H,1-3H3,(H2,9,10). The average Bonchev–Trinajstić information content (AvgIpc) is 2.26. The maximum atomic E-state index is 8.72. The average molecular weight is 167 g/mol. The van der Waals surface area contributed by atoms with E-state index in [1.807, 2.05) is 21.0 Å². The van der Waals surface area contributed by atoms with E-state index in [9.17, 15) is 0 Å². The van der Waals surface area contributed by atoms with Gasteiger partial charge in [-0.1, -0.05) is 0 Å². The minimum Gasteiger partial charge on any atom is -0.368 e. The lowest BCUT2D eigenvalue weighted by Crippen LogP contribution is -2.44. The fraction of sp³-hybridized carbons (Fsp3) is 0.714. The van der Waals surface area contributed by atoms with Crippen LogP contribution in [0.2, 0.25) is 0 Å². The molecule has 12 heavy (non-hydrogen) atoms. The second kappa shape index (κ2) is 2.89. The highest BCUT2D eigenvalue weighted by Gasteiger charge is 2.31. The molecule has 0 aromatic rings. The zero-order chi connectivity index (χ0) is 9.30. The summed E-state index contributed by atoms with van der Waals surface area (Å²) in [6, 6.07) is 2.18. The first-order valence-corrected chi connectivity index (χ1v) is 3.77. The van der Waals surface area contributed by atoms with Gasteiger partial charge in [-0.25, -0.2) is 0 Å². The first-order chi connectivity index (χ1) is 5.57. The minimum atomic E-state index is -0.107. The number of nitrogens with zero attached hydrogens (tertiary/aromatic N) is 4. The number of hydrogen-bond donors (Lipinski definition) is 1. The van der Waals surface area contributed by atoms with E-state index in [0.29, 0.717) is 5.96 Å². The van der Waals surface area contributed by atoms with Crippen molar-refractivity contribution in [2.24, 2.45) is 16.8 Å². The van der Waals surface area contributed by atoms with Crippen molar-refractivity contribution in [1.82, 2.24) is 9.91 Å². The molecule has 0 spiro atoms. The summed E-state index contributed by atoms with van der Waals surface area (Å²) in [5, 5.41) is 14.5. The summed E-state index contributed by atoms with van der Waals surface area (Å²) in [6.45, 7) is 1.85. The van der Waals surface area contributed by atoms with Crippen molar-refractivity contribution in [3.8, 4) is 6.07 Å². The Bertz CT molecular complexity index is 241. The first kappa shape index (κ1) is 8.65. The Kier molecular flexibility index (Phi) is 2.09. The molecule has 0 aromatic carbocycles. The lowest BCUT2D eigenvalue weighted by Gasteiger charge is -2.27. The molecule has 1 rings (SSSR count). The molecule has 0 aliphatic carbocycles. The van der Waals surface area contributed by atoms with Gasteiger partial charge in [0.1, 0.15) is 6.17 Å². The topological polar surface area (TPSA) is 68.6 Å². The van der Waals surface area contributed by atoms with E-state index in [1.54, 1.807) is 9.91 Å². The van der Waals surface area contributed by atoms with Gasteiger partial charge in [-0.05, 0) is 6.92 Å². The second-order valence-corrected chi connectivity index (χ2v) is 2.97. The predicted octanol–water partition coefficient (Wildman–Crippen LogP) is -0.421. The molecule has 2 unspecified atom stereocenters. The van der Waals surface area contributed by atoms with Gasteiger partial charge in [-0.3, -0.25) is 5.01 Å². The van der Waals surface area contributed by atoms with Crippen molar-refractivity contribution in [3.05, 3.63) is 0 Å². The molecule has 5 heteroatoms. The number of hydrazone groups is 1. The summed E-state index contributed by atoms with van der Waals surface area (Å²) < 4.78 is 0. The highest BCUT2D eigenvalue weighted by atomic mass is 15.6. The minimum absolute atomic E-state index is 0.0324. The maximum Gasteiger partial charge on any atom is 0.215 e. The summed E-state index contributed by atoms with van der Waals surface area (Å²) >= 11 is 0. The van der Waals surface area contributed by atoms with Gasteiger partial charge in [-0.15, -0.1) is 5.10 Å². The fourth-order valence-electron chi connectivity index (χ4n) is 1.40. The molecule has 1 aliphatic heterocycles. The Balaban J connectivity index is 2.77. The number of hydrogen-bond acceptors (Lipinski definition) is 5. The monoisotopic (exact) mass is 167 g/mol. The van der Waals surface area contributed by atoms with E-state index < -0.39 is 0 Å². The van der Waals surface area contributed by atoms with Crippen LogP contribution in [0.25, 0.3) is 0 Å². The molecule has 66 valence electrons. The SMILES string of the molecule is CC(C#N)C1N(C)N=C(N)N1C. The Morgan fingerprint density at radius 3 is 2.58 bits per heavy atom. The smallest absolute Gasteiger partial charge is 0.215 e. The van der Waals surface area contributed by atoms with Gasteiger partial charge >= 0.3 is 0 Å². The van der Waals surface area contributed by atoms with Crippen LogP contribution in [-0.4, -0.2) is 36.1 Å². The summed E-state index contributed by atoms with van der Waals surface area (Å²) in [5.74, 6) is 0.356. The van der Waals surface area contributed by atoms with E-state index in [4.69, 9.17) is 11.0 Å². The lowest BCUT2D eigenvalue weighted by molar-refractivity contribution is 0.145. The molecule has 0 bridgehead atoms. The predicted molar refractivity (Wildman–Crippen MR) is 45.7 cm³/mol. The highest BCUT2D eigenvalue weighted by molar-refractivity contribution is 5.79. The third-order valence-electron chi connectivity index (χ3n) is 2.05. The van der Waals surface area contributed by atoms with Crippen LogP contribution in [0, 0.1) is 17.2 Å². The van der Waals surface area contributed by atoms with Crippen molar-refractivity contribution < 1.29 is 0 Å². The van der Waals surface area contributed by atoms with Crippen LogP contribution in [-0.2, 0) is 0 Å². The van der Waals surface area contributed by atoms with Crippen LogP contribution in [0.1, 0.15) is 6.92 Å². The molecular formula is C7H13N5. The molecule has 0 amide bonds. The lowest BCUT2D eigenvalue weighted by atomic mass is 10.1. The van der Waals surface area contributed by atoms with Crippen molar-refractivity contribution >= 4 is 5.96 Å². The third-order valence-corrected chi connectivity index (χ3v) is 2.05. The van der Waals surface area contributed by atoms with Crippen LogP contribution < -0.4 is 5.73 Å². The third kappa shape index (κ3) is 1.16. The normalized spacial score (nSPS) is 25.2. The molecule has 5 nitrogen and oxygen atoms in total. The summed E-state index contributed by atoms with van der Waals surface area (Å²) in [7, 11) is 3.65. The van der Waals surface area contributed by atoms with E-state index >= 15 is 0 Å². The molecule has 0 saturated carbocycles. The van der Waals surface area contributed by atoms with E-state index in [2.05, 4.69) is 11.2 Å². The summed E-state index contributed by atoms with van der Waals surface area (Å²) in [6.07, 6.45) is -0.0324. The van der Waals surface area contributed by atoms with Gasteiger partial charge in [0.05, 0.1) is 12.0 Å². The van der Waals surface area contributed by atoms with Gasteiger partial charge in [0.15, 0.2) is 0 Å². The number of rotatable bonds is 1. The molecule has 0 radical (unpaired) electrons. The van der Waals surface area contributed by atoms with Gasteiger partial charge < -0.3 is 10.6 Å². The van der Waals surface area contributed by atoms with Gasteiger partial charge in [-0.2, -0.15) is 5.26 Å². The second-order valence-electron chi connectivity index (χ2n) is 2.97.